The van der Waals surface area contributed by atoms with Gasteiger partial charge in [-0.05, 0) is 47.9 Å². The Morgan fingerprint density at radius 1 is 0.561 bits per heavy atom. The van der Waals surface area contributed by atoms with Gasteiger partial charge in [0, 0.05) is 32.1 Å². The molecule has 0 spiro atoms. The molecule has 0 aliphatic carbocycles. The Hall–Kier alpha value is -5.65. The third-order valence-corrected chi connectivity index (χ3v) is 8.83. The molecule has 2 heterocycles. The normalized spacial score (nSPS) is 12.7. The zero-order valence-electron chi connectivity index (χ0n) is 42.8. The molecule has 4 aromatic rings. The molecular formula is C58H86N2O6. The molecule has 0 radical (unpaired) electrons. The Kier molecular flexibility index (Phi) is 49.5. The van der Waals surface area contributed by atoms with Gasteiger partial charge in [0.1, 0.15) is 12.2 Å². The molecule has 2 saturated heterocycles. The number of ether oxygens (including phenoxy) is 5. The van der Waals surface area contributed by atoms with Crippen LogP contribution in [0.25, 0.3) is 0 Å². The quantitative estimate of drug-likeness (QED) is 0.0458. The maximum atomic E-state index is 8.88. The summed E-state index contributed by atoms with van der Waals surface area (Å²) in [6.07, 6.45) is 15.4. The van der Waals surface area contributed by atoms with Gasteiger partial charge in [0.25, 0.3) is 6.26 Å². The average Bonchev–Trinajstić information content (AvgIpc) is 4.35. The highest BCUT2D eigenvalue weighted by Gasteiger charge is 2.23. The van der Waals surface area contributed by atoms with E-state index in [4.69, 9.17) is 29.0 Å². The van der Waals surface area contributed by atoms with Crippen LogP contribution in [0, 0.1) is 11.5 Å². The lowest BCUT2D eigenvalue weighted by molar-refractivity contribution is 0.171. The average molecular weight is 907 g/mol. The summed E-state index contributed by atoms with van der Waals surface area (Å²) in [6.45, 7) is 34.5. The Morgan fingerprint density at radius 2 is 0.742 bits per heavy atom. The highest BCUT2D eigenvalue weighted by molar-refractivity contribution is 5.38. The minimum Gasteiger partial charge on any atom is -0.431 e. The van der Waals surface area contributed by atoms with Crippen molar-refractivity contribution in [2.45, 2.75) is 104 Å². The van der Waals surface area contributed by atoms with E-state index < -0.39 is 0 Å². The Labute approximate surface area is 402 Å². The Balaban J connectivity index is -0.000000347. The van der Waals surface area contributed by atoms with Gasteiger partial charge in [-0.15, -0.1) is 26.3 Å². The third-order valence-electron chi connectivity index (χ3n) is 8.83. The first-order chi connectivity index (χ1) is 31.8. The highest BCUT2D eigenvalue weighted by Crippen LogP contribution is 2.31. The van der Waals surface area contributed by atoms with Gasteiger partial charge < -0.3 is 23.7 Å². The number of aliphatic imine (C=N–C) groups is 1. The van der Waals surface area contributed by atoms with Crippen LogP contribution in [0.1, 0.15) is 103 Å². The predicted octanol–water partition coefficient (Wildman–Crippen LogP) is 14.5. The SMILES string of the molecule is C=CCC.C=CCC.C=CCC.C=CCC.CC(C)(c1ccccc1)c1ccccc1.CC(C)(c1ccccc1)c1ccccc1.CN=C=O.COC#N.COCC1CO1.COCC1CO1. The summed E-state index contributed by atoms with van der Waals surface area (Å²) in [5.74, 6) is 0. The van der Waals surface area contributed by atoms with E-state index in [1.807, 2.05) is 24.3 Å². The number of rotatable bonds is 12. The second-order valence-corrected chi connectivity index (χ2v) is 14.9. The molecule has 0 aromatic heterocycles. The lowest BCUT2D eigenvalue weighted by atomic mass is 9.78. The van der Waals surface area contributed by atoms with Crippen LogP contribution in [-0.4, -0.2) is 73.1 Å². The van der Waals surface area contributed by atoms with Crippen LogP contribution in [0.15, 0.2) is 177 Å². The first-order valence-electron chi connectivity index (χ1n) is 22.5. The van der Waals surface area contributed by atoms with Crippen molar-refractivity contribution < 1.29 is 28.5 Å². The zero-order chi connectivity index (χ0) is 50.7. The largest absolute Gasteiger partial charge is 0.431 e. The van der Waals surface area contributed by atoms with Gasteiger partial charge in [-0.3, -0.25) is 0 Å². The molecular weight excluding hydrogens is 821 g/mol. The van der Waals surface area contributed by atoms with Gasteiger partial charge in [0.15, 0.2) is 0 Å². The van der Waals surface area contributed by atoms with Gasteiger partial charge in [-0.1, -0.05) is 201 Å². The summed E-state index contributed by atoms with van der Waals surface area (Å²) in [5.41, 5.74) is 5.60. The number of methoxy groups -OCH3 is 3. The number of hydrogen-bond donors (Lipinski definition) is 0. The fourth-order valence-corrected chi connectivity index (χ4v) is 4.45. The number of isocyanates is 1. The van der Waals surface area contributed by atoms with Crippen molar-refractivity contribution in [1.82, 2.24) is 0 Å². The minimum absolute atomic E-state index is 0.0858. The molecule has 8 heteroatoms. The van der Waals surface area contributed by atoms with Crippen LogP contribution < -0.4 is 0 Å². The Bertz CT molecular complexity index is 1530. The van der Waals surface area contributed by atoms with Crippen LogP contribution in [0.4, 0.5) is 0 Å². The molecule has 0 amide bonds. The van der Waals surface area contributed by atoms with Gasteiger partial charge in [-0.25, -0.2) is 9.79 Å². The van der Waals surface area contributed by atoms with Crippen molar-refractivity contribution in [2.75, 3.05) is 54.8 Å². The molecule has 0 N–H and O–H groups in total. The summed E-state index contributed by atoms with van der Waals surface area (Å²) in [6, 6.07) is 42.5. The zero-order valence-corrected chi connectivity index (χ0v) is 42.8. The fraction of sp³-hybridized carbons (Fsp3) is 0.414. The second kappa shape index (κ2) is 48.8. The number of nitrogens with zero attached hydrogens (tertiary/aromatic N) is 2. The van der Waals surface area contributed by atoms with Crippen molar-refractivity contribution in [3.05, 3.63) is 194 Å². The van der Waals surface area contributed by atoms with Crippen LogP contribution in [0.3, 0.4) is 0 Å². The number of benzene rings is 4. The van der Waals surface area contributed by atoms with Gasteiger partial charge >= 0.3 is 0 Å². The molecule has 364 valence electrons. The van der Waals surface area contributed by atoms with E-state index in [2.05, 4.69) is 213 Å². The van der Waals surface area contributed by atoms with E-state index in [0.29, 0.717) is 12.2 Å². The molecule has 6 rings (SSSR count). The summed E-state index contributed by atoms with van der Waals surface area (Å²) in [5, 5.41) is 7.40. The third kappa shape index (κ3) is 41.1. The summed E-state index contributed by atoms with van der Waals surface area (Å²) < 4.78 is 23.0. The van der Waals surface area contributed by atoms with Gasteiger partial charge in [0.05, 0.1) is 33.5 Å². The number of epoxide rings is 2. The number of hydrogen-bond acceptors (Lipinski definition) is 8. The fourth-order valence-electron chi connectivity index (χ4n) is 4.45. The monoisotopic (exact) mass is 907 g/mol. The van der Waals surface area contributed by atoms with Crippen LogP contribution in [0.2, 0.25) is 0 Å². The second-order valence-electron chi connectivity index (χ2n) is 14.9. The predicted molar refractivity (Wildman–Crippen MR) is 282 cm³/mol. The molecule has 2 unspecified atom stereocenters. The minimum atomic E-state index is 0.0858. The van der Waals surface area contributed by atoms with Crippen molar-refractivity contribution in [3.8, 4) is 6.26 Å². The lowest BCUT2D eigenvalue weighted by Crippen LogP contribution is -2.18. The number of carbonyl (C=O) groups excluding carboxylic acids is 1. The highest BCUT2D eigenvalue weighted by atomic mass is 16.6. The molecule has 0 bridgehead atoms. The number of allylic oxidation sites excluding steroid dienone is 4. The van der Waals surface area contributed by atoms with E-state index in [1.54, 1.807) is 14.2 Å². The van der Waals surface area contributed by atoms with E-state index >= 15 is 0 Å². The van der Waals surface area contributed by atoms with E-state index in [0.717, 1.165) is 52.1 Å². The van der Waals surface area contributed by atoms with Crippen molar-refractivity contribution in [1.29, 1.82) is 5.26 Å². The summed E-state index contributed by atoms with van der Waals surface area (Å²) in [7, 11) is 6.07. The van der Waals surface area contributed by atoms with Crippen LogP contribution in [0.5, 0.6) is 0 Å². The van der Waals surface area contributed by atoms with Crippen molar-refractivity contribution in [2.24, 2.45) is 4.99 Å². The molecule has 66 heavy (non-hydrogen) atoms. The molecule has 2 atom stereocenters. The van der Waals surface area contributed by atoms with Gasteiger partial charge in [0.2, 0.25) is 6.08 Å². The molecule has 2 aliphatic rings. The maximum Gasteiger partial charge on any atom is 0.286 e. The standard InChI is InChI=1S/2C15H16.2C4H8O2.4C4H8.2C2H3NO/c2*1-15(2,13-9-5-3-6-10-13)14-11-7-4-8-12-14;2*1-5-2-4-3-6-4;4*1-3-4-2;1-4-2-3;1-3-2-4/h2*3-12H,1-2H3;2*4H,2-3H2,1H3;4*3H,1,4H2,2H3;2*1H3. The summed E-state index contributed by atoms with van der Waals surface area (Å²) in [4.78, 5) is 11.8. The Morgan fingerprint density at radius 3 is 0.833 bits per heavy atom. The first kappa shape index (κ1) is 66.9. The van der Waals surface area contributed by atoms with Crippen molar-refractivity contribution in [3.63, 3.8) is 0 Å². The topological polar surface area (TPSA) is 106 Å². The molecule has 4 aromatic carbocycles. The van der Waals surface area contributed by atoms with E-state index in [-0.39, 0.29) is 10.8 Å². The molecule has 2 aliphatic heterocycles. The van der Waals surface area contributed by atoms with E-state index in [9.17, 15) is 0 Å². The van der Waals surface area contributed by atoms with Crippen LogP contribution >= 0.6 is 0 Å². The van der Waals surface area contributed by atoms with Crippen molar-refractivity contribution >= 4 is 6.08 Å². The smallest absolute Gasteiger partial charge is 0.286 e. The maximum absolute atomic E-state index is 8.88. The lowest BCUT2D eigenvalue weighted by Gasteiger charge is -2.25. The summed E-state index contributed by atoms with van der Waals surface area (Å²) >= 11 is 0. The molecule has 8 nitrogen and oxygen atoms in total. The number of nitriles is 1. The van der Waals surface area contributed by atoms with Gasteiger partial charge in [-0.2, -0.15) is 5.26 Å². The van der Waals surface area contributed by atoms with Crippen LogP contribution in [-0.2, 0) is 39.3 Å². The molecule has 0 saturated carbocycles. The molecule has 2 fully saturated rings. The first-order valence-corrected chi connectivity index (χ1v) is 22.5. The van der Waals surface area contributed by atoms with E-state index in [1.165, 1.54) is 48.7 Å².